The maximum atomic E-state index is 5.47. The molecule has 0 amide bonds. The molecule has 0 fully saturated rings. The largest absolute Gasteiger partial charge is 0.272 e. The van der Waals surface area contributed by atoms with Crippen molar-refractivity contribution in [3.8, 4) is 0 Å². The van der Waals surface area contributed by atoms with Crippen molar-refractivity contribution in [2.45, 2.75) is 0 Å². The van der Waals surface area contributed by atoms with E-state index in [-0.39, 0.29) is 0 Å². The van der Waals surface area contributed by atoms with Gasteiger partial charge in [0.15, 0.2) is 0 Å². The van der Waals surface area contributed by atoms with Crippen LogP contribution in [0.15, 0.2) is 59.3 Å². The lowest BCUT2D eigenvalue weighted by Crippen LogP contribution is -2.13. The molecular weight excluding hydrogens is 242 g/mol. The van der Waals surface area contributed by atoms with Crippen LogP contribution in [0.1, 0.15) is 0 Å². The summed E-state index contributed by atoms with van der Waals surface area (Å²) < 4.78 is 0. The highest BCUT2D eigenvalue weighted by atomic mass is 32.1. The normalized spacial score (nSPS) is 10.7. The molecule has 0 aliphatic carbocycles. The summed E-state index contributed by atoms with van der Waals surface area (Å²) in [7, 11) is 1.69. The lowest BCUT2D eigenvalue weighted by molar-refractivity contribution is 0.202. The maximum Gasteiger partial charge on any atom is 0.0802 e. The van der Waals surface area contributed by atoms with Crippen LogP contribution in [0, 0.1) is 0 Å². The van der Waals surface area contributed by atoms with Gasteiger partial charge in [0, 0.05) is 5.38 Å². The van der Waals surface area contributed by atoms with Crippen molar-refractivity contribution < 1.29 is 4.84 Å². The third-order valence-corrected chi connectivity index (χ3v) is 3.56. The van der Waals surface area contributed by atoms with E-state index in [2.05, 4.69) is 41.8 Å². The van der Waals surface area contributed by atoms with Crippen molar-refractivity contribution in [3.05, 3.63) is 59.3 Å². The fraction of sp³-hybridized carbons (Fsp3) is 0.0667. The molecular formula is C15H13NOS. The summed E-state index contributed by atoms with van der Waals surface area (Å²) in [6.45, 7) is 0. The Morgan fingerprint density at radius 1 is 0.944 bits per heavy atom. The molecule has 0 atom stereocenters. The highest BCUT2D eigenvalue weighted by Gasteiger charge is 2.09. The van der Waals surface area contributed by atoms with Gasteiger partial charge in [-0.1, -0.05) is 30.3 Å². The lowest BCUT2D eigenvalue weighted by atomic mass is 10.1. The number of anilines is 2. The van der Waals surface area contributed by atoms with E-state index in [0.717, 1.165) is 11.4 Å². The van der Waals surface area contributed by atoms with Crippen LogP contribution in [0.5, 0.6) is 0 Å². The minimum absolute atomic E-state index is 1.04. The summed E-state index contributed by atoms with van der Waals surface area (Å²) >= 11 is 1.66. The van der Waals surface area contributed by atoms with Gasteiger partial charge in [0.05, 0.1) is 18.5 Å². The average molecular weight is 255 g/mol. The first kappa shape index (κ1) is 11.3. The van der Waals surface area contributed by atoms with E-state index < -0.39 is 0 Å². The molecule has 0 bridgehead atoms. The van der Waals surface area contributed by atoms with E-state index in [1.165, 1.54) is 10.8 Å². The summed E-state index contributed by atoms with van der Waals surface area (Å²) in [5.41, 5.74) is 2.09. The molecule has 90 valence electrons. The first-order chi connectivity index (χ1) is 8.88. The van der Waals surface area contributed by atoms with E-state index in [4.69, 9.17) is 4.84 Å². The van der Waals surface area contributed by atoms with Crippen LogP contribution in [0.3, 0.4) is 0 Å². The summed E-state index contributed by atoms with van der Waals surface area (Å²) in [6.07, 6.45) is 0. The maximum absolute atomic E-state index is 5.47. The molecule has 0 N–H and O–H groups in total. The van der Waals surface area contributed by atoms with E-state index in [1.807, 2.05) is 22.6 Å². The molecule has 0 aliphatic heterocycles. The molecule has 3 rings (SSSR count). The molecule has 0 spiro atoms. The standard InChI is InChI=1S/C15H13NOS/c1-17-16(15-8-9-18-11-15)14-7-6-12-4-2-3-5-13(12)10-14/h2-11H,1H3. The van der Waals surface area contributed by atoms with E-state index in [0.29, 0.717) is 0 Å². The summed E-state index contributed by atoms with van der Waals surface area (Å²) in [5, 5.41) is 8.40. The van der Waals surface area contributed by atoms with Crippen LogP contribution in [0.25, 0.3) is 10.8 Å². The molecule has 1 heterocycles. The zero-order valence-electron chi connectivity index (χ0n) is 10.0. The minimum atomic E-state index is 1.04. The molecule has 1 aromatic heterocycles. The van der Waals surface area contributed by atoms with Crippen molar-refractivity contribution in [1.29, 1.82) is 0 Å². The number of benzene rings is 2. The number of nitrogens with zero attached hydrogens (tertiary/aromatic N) is 1. The second-order valence-electron chi connectivity index (χ2n) is 3.99. The molecule has 3 heteroatoms. The zero-order chi connectivity index (χ0) is 12.4. The smallest absolute Gasteiger partial charge is 0.0802 e. The molecule has 3 aromatic rings. The number of rotatable bonds is 3. The molecule has 0 saturated carbocycles. The Morgan fingerprint density at radius 3 is 2.50 bits per heavy atom. The monoisotopic (exact) mass is 255 g/mol. The summed E-state index contributed by atoms with van der Waals surface area (Å²) in [5.74, 6) is 0. The Hall–Kier alpha value is -1.84. The Bertz CT molecular complexity index is 648. The zero-order valence-corrected chi connectivity index (χ0v) is 10.9. The van der Waals surface area contributed by atoms with Gasteiger partial charge in [-0.25, -0.2) is 5.06 Å². The van der Waals surface area contributed by atoms with Crippen LogP contribution in [-0.2, 0) is 4.84 Å². The third kappa shape index (κ3) is 1.98. The van der Waals surface area contributed by atoms with Gasteiger partial charge in [0.25, 0.3) is 0 Å². The van der Waals surface area contributed by atoms with Gasteiger partial charge in [0.1, 0.15) is 0 Å². The number of hydrogen-bond donors (Lipinski definition) is 0. The minimum Gasteiger partial charge on any atom is -0.272 e. The van der Waals surface area contributed by atoms with Gasteiger partial charge in [-0.2, -0.15) is 11.3 Å². The predicted molar refractivity (Wildman–Crippen MR) is 77.4 cm³/mol. The van der Waals surface area contributed by atoms with Gasteiger partial charge in [-0.3, -0.25) is 4.84 Å². The van der Waals surface area contributed by atoms with Crippen molar-refractivity contribution in [3.63, 3.8) is 0 Å². The second kappa shape index (κ2) is 4.80. The Morgan fingerprint density at radius 2 is 1.78 bits per heavy atom. The number of thiophene rings is 1. The second-order valence-corrected chi connectivity index (χ2v) is 4.77. The van der Waals surface area contributed by atoms with Crippen molar-refractivity contribution in [2.24, 2.45) is 0 Å². The fourth-order valence-corrected chi connectivity index (χ4v) is 2.65. The van der Waals surface area contributed by atoms with Crippen molar-refractivity contribution in [1.82, 2.24) is 0 Å². The van der Waals surface area contributed by atoms with Crippen LogP contribution in [-0.4, -0.2) is 7.11 Å². The van der Waals surface area contributed by atoms with Gasteiger partial charge >= 0.3 is 0 Å². The Labute approximate surface area is 110 Å². The molecule has 18 heavy (non-hydrogen) atoms. The fourth-order valence-electron chi connectivity index (χ4n) is 2.04. The average Bonchev–Trinajstić information content (AvgIpc) is 2.93. The lowest BCUT2D eigenvalue weighted by Gasteiger charge is -2.20. The molecule has 0 unspecified atom stereocenters. The van der Waals surface area contributed by atoms with Crippen LogP contribution in [0.2, 0.25) is 0 Å². The first-order valence-corrected chi connectivity index (χ1v) is 6.68. The Kier molecular flexibility index (Phi) is 3.00. The van der Waals surface area contributed by atoms with Crippen molar-refractivity contribution in [2.75, 3.05) is 12.2 Å². The number of hydrogen-bond acceptors (Lipinski definition) is 3. The van der Waals surface area contributed by atoms with Crippen molar-refractivity contribution >= 4 is 33.5 Å². The van der Waals surface area contributed by atoms with E-state index >= 15 is 0 Å². The Balaban J connectivity index is 2.07. The first-order valence-electron chi connectivity index (χ1n) is 5.74. The summed E-state index contributed by atoms with van der Waals surface area (Å²) in [6, 6.07) is 16.7. The van der Waals surface area contributed by atoms with Gasteiger partial charge in [-0.15, -0.1) is 0 Å². The number of fused-ring (bicyclic) bond motifs is 1. The molecule has 0 aliphatic rings. The van der Waals surface area contributed by atoms with Gasteiger partial charge < -0.3 is 0 Å². The summed E-state index contributed by atoms with van der Waals surface area (Å²) in [4.78, 5) is 5.47. The van der Waals surface area contributed by atoms with E-state index in [9.17, 15) is 0 Å². The quantitative estimate of drug-likeness (QED) is 0.634. The van der Waals surface area contributed by atoms with Gasteiger partial charge in [-0.05, 0) is 34.4 Å². The molecule has 2 aromatic carbocycles. The highest BCUT2D eigenvalue weighted by Crippen LogP contribution is 2.29. The van der Waals surface area contributed by atoms with Crippen LogP contribution >= 0.6 is 11.3 Å². The molecule has 0 radical (unpaired) electrons. The molecule has 2 nitrogen and oxygen atoms in total. The SMILES string of the molecule is CON(c1ccsc1)c1ccc2ccccc2c1. The van der Waals surface area contributed by atoms with Crippen LogP contribution in [0.4, 0.5) is 11.4 Å². The van der Waals surface area contributed by atoms with Gasteiger partial charge in [0.2, 0.25) is 0 Å². The highest BCUT2D eigenvalue weighted by molar-refractivity contribution is 7.08. The molecule has 0 saturated heterocycles. The predicted octanol–water partition coefficient (Wildman–Crippen LogP) is 4.60. The topological polar surface area (TPSA) is 12.5 Å². The van der Waals surface area contributed by atoms with Crippen LogP contribution < -0.4 is 5.06 Å². The van der Waals surface area contributed by atoms with E-state index in [1.54, 1.807) is 18.4 Å². The third-order valence-electron chi connectivity index (χ3n) is 2.89.